The van der Waals surface area contributed by atoms with Gasteiger partial charge in [-0.3, -0.25) is 14.5 Å². The quantitative estimate of drug-likeness (QED) is 0.626. The molecule has 2 amide bonds. The van der Waals surface area contributed by atoms with E-state index in [1.54, 1.807) is 12.0 Å². The number of ether oxygens (including phenoxy) is 1. The maximum Gasteiger partial charge on any atom is 0.254 e. The lowest BCUT2D eigenvalue weighted by Gasteiger charge is -2.32. The van der Waals surface area contributed by atoms with E-state index in [9.17, 15) is 14.0 Å². The molecule has 1 N–H and O–H groups in total. The molecule has 2 aromatic carbocycles. The number of hydrogen-bond acceptors (Lipinski definition) is 5. The zero-order valence-electron chi connectivity index (χ0n) is 20.6. The number of amides is 2. The smallest absolute Gasteiger partial charge is 0.254 e. The van der Waals surface area contributed by atoms with Crippen LogP contribution in [0.3, 0.4) is 0 Å². The molecule has 2 fully saturated rings. The van der Waals surface area contributed by atoms with Crippen molar-refractivity contribution in [3.05, 3.63) is 71.0 Å². The molecular weight excluding hydrogens is 447 g/mol. The van der Waals surface area contributed by atoms with E-state index in [0.717, 1.165) is 13.1 Å². The van der Waals surface area contributed by atoms with E-state index in [1.165, 1.54) is 35.4 Å². The lowest BCUT2D eigenvalue weighted by Crippen LogP contribution is -2.53. The Balaban J connectivity index is 1.58. The van der Waals surface area contributed by atoms with Crippen molar-refractivity contribution in [2.24, 2.45) is 0 Å². The molecule has 0 spiro atoms. The first-order chi connectivity index (χ1) is 17.0. The Morgan fingerprint density at radius 2 is 1.77 bits per heavy atom. The van der Waals surface area contributed by atoms with E-state index in [2.05, 4.69) is 41.4 Å². The van der Waals surface area contributed by atoms with Crippen LogP contribution in [0.2, 0.25) is 0 Å². The highest BCUT2D eigenvalue weighted by Crippen LogP contribution is 2.27. The minimum absolute atomic E-state index is 0.00715. The number of halogens is 1. The van der Waals surface area contributed by atoms with Crippen molar-refractivity contribution >= 4 is 11.8 Å². The van der Waals surface area contributed by atoms with Crippen molar-refractivity contribution in [1.29, 1.82) is 0 Å². The summed E-state index contributed by atoms with van der Waals surface area (Å²) in [6, 6.07) is 13.5. The van der Waals surface area contributed by atoms with Crippen molar-refractivity contribution in [2.45, 2.75) is 32.0 Å². The van der Waals surface area contributed by atoms with Gasteiger partial charge in [0, 0.05) is 64.5 Å². The van der Waals surface area contributed by atoms with Crippen LogP contribution in [0.5, 0.6) is 0 Å². The zero-order chi connectivity index (χ0) is 24.8. The van der Waals surface area contributed by atoms with Gasteiger partial charge in [-0.15, -0.1) is 0 Å². The van der Waals surface area contributed by atoms with Gasteiger partial charge in [0.05, 0.1) is 6.61 Å². The standard InChI is InChI=1S/C27H35FN4O3/c1-20-3-5-21(6-4-20)18-31(15-16-35-2)24-17-25(27(34)30-13-11-29-12-14-30)32(19-24)26(33)22-7-9-23(28)10-8-22/h3-10,24-25,29H,11-19H2,1-2H3. The van der Waals surface area contributed by atoms with Gasteiger partial charge >= 0.3 is 0 Å². The molecule has 7 nitrogen and oxygen atoms in total. The number of carbonyl (C=O) groups is 2. The van der Waals surface area contributed by atoms with Crippen LogP contribution in [-0.2, 0) is 16.1 Å². The average Bonchev–Trinajstić information content (AvgIpc) is 3.33. The van der Waals surface area contributed by atoms with Gasteiger partial charge < -0.3 is 19.9 Å². The first kappa shape index (κ1) is 25.3. The molecule has 0 aliphatic carbocycles. The molecule has 2 saturated heterocycles. The van der Waals surface area contributed by atoms with Crippen LogP contribution in [0.25, 0.3) is 0 Å². The molecule has 0 bridgehead atoms. The minimum Gasteiger partial charge on any atom is -0.383 e. The summed E-state index contributed by atoms with van der Waals surface area (Å²) in [6.07, 6.45) is 0.561. The van der Waals surface area contributed by atoms with Crippen molar-refractivity contribution in [3.63, 3.8) is 0 Å². The third-order valence-electron chi connectivity index (χ3n) is 6.95. The molecule has 2 aliphatic rings. The maximum atomic E-state index is 13.6. The van der Waals surface area contributed by atoms with E-state index < -0.39 is 11.9 Å². The van der Waals surface area contributed by atoms with Gasteiger partial charge in [-0.1, -0.05) is 29.8 Å². The second kappa shape index (κ2) is 11.7. The summed E-state index contributed by atoms with van der Waals surface area (Å²) in [5.41, 5.74) is 2.78. The number of benzene rings is 2. The third-order valence-corrected chi connectivity index (χ3v) is 6.95. The van der Waals surface area contributed by atoms with Crippen molar-refractivity contribution in [3.8, 4) is 0 Å². The Hall–Kier alpha value is -2.81. The number of rotatable bonds is 8. The summed E-state index contributed by atoms with van der Waals surface area (Å²) in [7, 11) is 1.68. The van der Waals surface area contributed by atoms with E-state index in [-0.39, 0.29) is 17.9 Å². The molecule has 0 saturated carbocycles. The van der Waals surface area contributed by atoms with Crippen LogP contribution in [0.4, 0.5) is 4.39 Å². The molecular formula is C27H35FN4O3. The van der Waals surface area contributed by atoms with Gasteiger partial charge in [0.1, 0.15) is 11.9 Å². The topological polar surface area (TPSA) is 65.1 Å². The largest absolute Gasteiger partial charge is 0.383 e. The second-order valence-electron chi connectivity index (χ2n) is 9.39. The molecule has 2 atom stereocenters. The molecule has 2 unspecified atom stereocenters. The molecule has 8 heteroatoms. The molecule has 188 valence electrons. The first-order valence-electron chi connectivity index (χ1n) is 12.3. The number of hydrogen-bond donors (Lipinski definition) is 1. The molecule has 35 heavy (non-hydrogen) atoms. The highest BCUT2D eigenvalue weighted by Gasteiger charge is 2.43. The lowest BCUT2D eigenvalue weighted by molar-refractivity contribution is -0.135. The Morgan fingerprint density at radius 3 is 2.43 bits per heavy atom. The zero-order valence-corrected chi connectivity index (χ0v) is 20.6. The molecule has 2 aromatic rings. The predicted molar refractivity (Wildman–Crippen MR) is 133 cm³/mol. The monoisotopic (exact) mass is 482 g/mol. The summed E-state index contributed by atoms with van der Waals surface area (Å²) < 4.78 is 18.9. The fraction of sp³-hybridized carbons (Fsp3) is 0.481. The van der Waals surface area contributed by atoms with Crippen molar-refractivity contribution in [1.82, 2.24) is 20.0 Å². The maximum absolute atomic E-state index is 13.6. The Kier molecular flexibility index (Phi) is 8.49. The highest BCUT2D eigenvalue weighted by atomic mass is 19.1. The van der Waals surface area contributed by atoms with Gasteiger partial charge in [-0.25, -0.2) is 4.39 Å². The number of piperazine rings is 1. The van der Waals surface area contributed by atoms with E-state index >= 15 is 0 Å². The van der Waals surface area contributed by atoms with Gasteiger partial charge in [0.25, 0.3) is 5.91 Å². The van der Waals surface area contributed by atoms with E-state index in [0.29, 0.717) is 51.3 Å². The second-order valence-corrected chi connectivity index (χ2v) is 9.39. The van der Waals surface area contributed by atoms with Crippen LogP contribution >= 0.6 is 0 Å². The molecule has 0 radical (unpaired) electrons. The van der Waals surface area contributed by atoms with Crippen LogP contribution < -0.4 is 5.32 Å². The molecule has 2 aliphatic heterocycles. The van der Waals surface area contributed by atoms with E-state index in [1.807, 2.05) is 4.90 Å². The summed E-state index contributed by atoms with van der Waals surface area (Å²) in [4.78, 5) is 32.9. The third kappa shape index (κ3) is 6.25. The Labute approximate surface area is 206 Å². The fourth-order valence-corrected chi connectivity index (χ4v) is 4.92. The number of methoxy groups -OCH3 is 1. The molecule has 2 heterocycles. The van der Waals surface area contributed by atoms with Gasteiger partial charge in [-0.2, -0.15) is 0 Å². The van der Waals surface area contributed by atoms with Gasteiger partial charge in [0.15, 0.2) is 0 Å². The summed E-state index contributed by atoms with van der Waals surface area (Å²) in [5, 5.41) is 3.27. The number of nitrogens with one attached hydrogen (secondary N) is 1. The fourth-order valence-electron chi connectivity index (χ4n) is 4.92. The number of aryl methyl sites for hydroxylation is 1. The van der Waals surface area contributed by atoms with Gasteiger partial charge in [-0.05, 0) is 43.2 Å². The predicted octanol–water partition coefficient (Wildman–Crippen LogP) is 2.30. The summed E-state index contributed by atoms with van der Waals surface area (Å²) in [5.74, 6) is -0.632. The molecule has 4 rings (SSSR count). The normalized spacial score (nSPS) is 20.5. The van der Waals surface area contributed by atoms with E-state index in [4.69, 9.17) is 4.74 Å². The van der Waals surface area contributed by atoms with Crippen molar-refractivity contribution < 1.29 is 18.7 Å². The average molecular weight is 483 g/mol. The highest BCUT2D eigenvalue weighted by molar-refractivity contribution is 5.98. The Morgan fingerprint density at radius 1 is 1.09 bits per heavy atom. The summed E-state index contributed by atoms with van der Waals surface area (Å²) in [6.45, 7) is 7.24. The number of likely N-dealkylation sites (tertiary alicyclic amines) is 1. The van der Waals surface area contributed by atoms with Crippen LogP contribution in [0.1, 0.15) is 27.9 Å². The Bertz CT molecular complexity index is 992. The summed E-state index contributed by atoms with van der Waals surface area (Å²) >= 11 is 0. The number of nitrogens with zero attached hydrogens (tertiary/aromatic N) is 3. The van der Waals surface area contributed by atoms with Crippen molar-refractivity contribution in [2.75, 3.05) is 53.0 Å². The van der Waals surface area contributed by atoms with Gasteiger partial charge in [0.2, 0.25) is 5.91 Å². The lowest BCUT2D eigenvalue weighted by atomic mass is 10.1. The first-order valence-corrected chi connectivity index (χ1v) is 12.3. The van der Waals surface area contributed by atoms with Crippen LogP contribution in [0.15, 0.2) is 48.5 Å². The SMILES string of the molecule is COCCN(Cc1ccc(C)cc1)C1CC(C(=O)N2CCNCC2)N(C(=O)c2ccc(F)cc2)C1. The molecule has 0 aromatic heterocycles. The minimum atomic E-state index is -0.543. The van der Waals surface area contributed by atoms with Crippen LogP contribution in [-0.4, -0.2) is 91.6 Å². The van der Waals surface area contributed by atoms with Crippen LogP contribution in [0, 0.1) is 12.7 Å². The number of carbonyl (C=O) groups excluding carboxylic acids is 2.